The van der Waals surface area contributed by atoms with Crippen LogP contribution in [0.4, 0.5) is 0 Å². The molecule has 0 saturated carbocycles. The van der Waals surface area contributed by atoms with Gasteiger partial charge < -0.3 is 8.92 Å². The Morgan fingerprint density at radius 2 is 1.91 bits per heavy atom. The molecule has 2 atom stereocenters. The van der Waals surface area contributed by atoms with Gasteiger partial charge in [0.05, 0.1) is 0 Å². The van der Waals surface area contributed by atoms with Gasteiger partial charge in [-0.05, 0) is 25.0 Å². The van der Waals surface area contributed by atoms with E-state index < -0.39 is 29.7 Å². The third-order valence-corrected chi connectivity index (χ3v) is 5.79. The highest BCUT2D eigenvalue weighted by Crippen LogP contribution is 2.30. The first-order valence-electron chi connectivity index (χ1n) is 6.76. The lowest BCUT2D eigenvalue weighted by Crippen LogP contribution is -2.19. The van der Waals surface area contributed by atoms with E-state index in [4.69, 9.17) is 8.92 Å². The van der Waals surface area contributed by atoms with E-state index in [0.717, 1.165) is 0 Å². The van der Waals surface area contributed by atoms with E-state index in [-0.39, 0.29) is 14.2 Å². The van der Waals surface area contributed by atoms with E-state index in [9.17, 15) is 17.5 Å². The molecule has 0 amide bonds. The standard InChI is InChI=1S/C13H19O6P2S/c1-12(21(15)10-6-5-9-20-14)18-11-22(16,17)19-13-7-3-2-4-8-13/h2-4,7-8,12H,5-6,9-11H2,1H3/q+1. The Kier molecular flexibility index (Phi) is 8.72. The van der Waals surface area contributed by atoms with Crippen molar-refractivity contribution in [3.63, 3.8) is 0 Å². The van der Waals surface area contributed by atoms with Crippen LogP contribution in [0.15, 0.2) is 30.3 Å². The van der Waals surface area contributed by atoms with E-state index in [1.807, 2.05) is 0 Å². The highest BCUT2D eigenvalue weighted by molar-refractivity contribution is 7.86. The molecule has 0 bridgehead atoms. The van der Waals surface area contributed by atoms with Crippen molar-refractivity contribution in [2.24, 2.45) is 0 Å². The quantitative estimate of drug-likeness (QED) is 0.338. The van der Waals surface area contributed by atoms with Crippen LogP contribution in [0.1, 0.15) is 19.8 Å². The average molecular weight is 365 g/mol. The summed E-state index contributed by atoms with van der Waals surface area (Å²) in [6.07, 6.45) is 2.35. The maximum Gasteiger partial charge on any atom is 0.369 e. The van der Waals surface area contributed by atoms with Crippen LogP contribution in [0.5, 0.6) is 5.75 Å². The summed E-state index contributed by atoms with van der Waals surface area (Å²) >= 11 is 0. The second kappa shape index (κ2) is 10.0. The fraction of sp³-hybridized carbons (Fsp3) is 0.538. The van der Waals surface area contributed by atoms with E-state index in [0.29, 0.717) is 25.2 Å². The zero-order chi connectivity index (χ0) is 16.4. The largest absolute Gasteiger partial charge is 0.381 e. The third kappa shape index (κ3) is 7.95. The number of rotatable bonds is 11. The molecule has 122 valence electrons. The van der Waals surface area contributed by atoms with Crippen molar-refractivity contribution in [2.75, 3.05) is 18.3 Å². The van der Waals surface area contributed by atoms with E-state index in [1.54, 1.807) is 25.1 Å². The molecule has 0 saturated heterocycles. The van der Waals surface area contributed by atoms with Gasteiger partial charge in [0, 0.05) is 13.1 Å². The van der Waals surface area contributed by atoms with Crippen molar-refractivity contribution in [2.45, 2.75) is 25.6 Å². The fourth-order valence-corrected chi connectivity index (χ4v) is 3.95. The Morgan fingerprint density at radius 3 is 2.55 bits per heavy atom. The monoisotopic (exact) mass is 365 g/mol. The zero-order valence-electron chi connectivity index (χ0n) is 12.3. The summed E-state index contributed by atoms with van der Waals surface area (Å²) in [6, 6.07) is 8.11. The van der Waals surface area contributed by atoms with Crippen molar-refractivity contribution >= 4 is 26.4 Å². The van der Waals surface area contributed by atoms with Gasteiger partial charge in [0.1, 0.15) is 11.9 Å². The Labute approximate surface area is 133 Å². The van der Waals surface area contributed by atoms with Crippen LogP contribution in [0.25, 0.3) is 0 Å². The first-order valence-corrected chi connectivity index (χ1v) is 10.8. The highest BCUT2D eigenvalue weighted by Gasteiger charge is 2.28. The molecular formula is C13H19O6P2S+. The molecule has 0 spiro atoms. The van der Waals surface area contributed by atoms with Gasteiger partial charge in [-0.3, -0.25) is 4.57 Å². The Balaban J connectivity index is 2.37. The van der Waals surface area contributed by atoms with Crippen LogP contribution in [0.2, 0.25) is 0 Å². The Hall–Kier alpha value is -0.870. The minimum absolute atomic E-state index is 0.0834. The molecule has 2 unspecified atom stereocenters. The van der Waals surface area contributed by atoms with Crippen LogP contribution in [-0.4, -0.2) is 32.5 Å². The Bertz CT molecular complexity index is 575. The van der Waals surface area contributed by atoms with Crippen molar-refractivity contribution in [3.8, 4) is 5.75 Å². The lowest BCUT2D eigenvalue weighted by atomic mass is 10.3. The van der Waals surface area contributed by atoms with Gasteiger partial charge in [0.25, 0.3) is 5.85 Å². The van der Waals surface area contributed by atoms with Crippen molar-refractivity contribution in [1.29, 1.82) is 0 Å². The molecule has 0 aliphatic rings. The summed E-state index contributed by atoms with van der Waals surface area (Å²) in [5, 5.41) is 0. The van der Waals surface area contributed by atoms with Gasteiger partial charge >= 0.3 is 17.9 Å². The molecule has 0 N–H and O–H groups in total. The lowest BCUT2D eigenvalue weighted by molar-refractivity contribution is 0.154. The second-order valence-electron chi connectivity index (χ2n) is 4.54. The van der Waals surface area contributed by atoms with E-state index in [2.05, 4.69) is 0 Å². The molecule has 1 aromatic carbocycles. The maximum atomic E-state index is 11.9. The molecule has 6 nitrogen and oxygen atoms in total. The van der Waals surface area contributed by atoms with Gasteiger partial charge in [-0.15, -0.1) is 0 Å². The first kappa shape index (κ1) is 19.2. The van der Waals surface area contributed by atoms with E-state index >= 15 is 0 Å². The number of hydrogen-bond donors (Lipinski definition) is 0. The molecule has 0 aliphatic heterocycles. The van der Waals surface area contributed by atoms with Crippen LogP contribution in [-0.2, 0) is 24.0 Å². The van der Waals surface area contributed by atoms with Crippen LogP contribution >= 0.6 is 16.3 Å². The zero-order valence-corrected chi connectivity index (χ0v) is 14.9. The summed E-state index contributed by atoms with van der Waals surface area (Å²) in [4.78, 5) is 0. The van der Waals surface area contributed by atoms with Crippen molar-refractivity contribution in [3.05, 3.63) is 30.3 Å². The molecule has 1 aromatic rings. The molecule has 22 heavy (non-hydrogen) atoms. The molecule has 0 aliphatic carbocycles. The molecule has 0 aromatic heterocycles. The fourth-order valence-electron chi connectivity index (χ4n) is 1.54. The van der Waals surface area contributed by atoms with Gasteiger partial charge in [-0.1, -0.05) is 22.8 Å². The first-order chi connectivity index (χ1) is 10.4. The van der Waals surface area contributed by atoms with Crippen LogP contribution in [0.3, 0.4) is 0 Å². The molecule has 1 rings (SSSR count). The van der Waals surface area contributed by atoms with Gasteiger partial charge in [-0.2, -0.15) is 8.42 Å². The third-order valence-electron chi connectivity index (χ3n) is 2.70. The summed E-state index contributed by atoms with van der Waals surface area (Å²) in [5.41, 5.74) is 0. The highest BCUT2D eigenvalue weighted by atomic mass is 32.2. The number of para-hydroxylation sites is 1. The Morgan fingerprint density at radius 1 is 1.23 bits per heavy atom. The normalized spacial score (nSPS) is 13.8. The van der Waals surface area contributed by atoms with Gasteiger partial charge in [-0.25, -0.2) is 0 Å². The summed E-state index contributed by atoms with van der Waals surface area (Å²) in [7, 11) is -5.47. The molecular weight excluding hydrogens is 346 g/mol. The van der Waals surface area contributed by atoms with Crippen molar-refractivity contribution < 1.29 is 26.5 Å². The van der Waals surface area contributed by atoms with Gasteiger partial charge in [0.15, 0.2) is 14.4 Å². The predicted octanol–water partition coefficient (Wildman–Crippen LogP) is 3.61. The summed E-state index contributed by atoms with van der Waals surface area (Å²) in [6.45, 7) is 1.57. The predicted molar refractivity (Wildman–Crippen MR) is 85.6 cm³/mol. The second-order valence-corrected chi connectivity index (χ2v) is 8.77. The maximum absolute atomic E-state index is 11.9. The van der Waals surface area contributed by atoms with Crippen molar-refractivity contribution in [1.82, 2.24) is 0 Å². The average Bonchev–Trinajstić information content (AvgIpc) is 2.49. The minimum atomic E-state index is -3.89. The topological polar surface area (TPSA) is 86.7 Å². The smallest absolute Gasteiger partial charge is 0.369 e. The number of ether oxygens (including phenoxy) is 1. The minimum Gasteiger partial charge on any atom is -0.381 e. The number of unbranched alkanes of at least 4 members (excludes halogenated alkanes) is 1. The van der Waals surface area contributed by atoms with Gasteiger partial charge in [0.2, 0.25) is 0 Å². The molecule has 0 radical (unpaired) electrons. The molecule has 0 fully saturated rings. The number of benzene rings is 1. The summed E-state index contributed by atoms with van der Waals surface area (Å²) in [5.74, 6) is -1.11. The van der Waals surface area contributed by atoms with Crippen LogP contribution < -0.4 is 4.18 Å². The van der Waals surface area contributed by atoms with Crippen LogP contribution in [0, 0.1) is 0 Å². The van der Waals surface area contributed by atoms with E-state index in [1.165, 1.54) is 12.1 Å². The lowest BCUT2D eigenvalue weighted by Gasteiger charge is -2.08. The number of hydrogen-bond acceptors (Lipinski definition) is 6. The molecule has 0 heterocycles. The SMILES string of the molecule is CC(OCS(=O)(=O)Oc1ccccc1)[P+](=O)CCCCP=O. The molecule has 9 heteroatoms. The summed E-state index contributed by atoms with van der Waals surface area (Å²) < 4.78 is 55.7.